The lowest BCUT2D eigenvalue weighted by atomic mass is 10.4. The Bertz CT molecular complexity index is 448. The molecule has 0 fully saturated rings. The van der Waals surface area contributed by atoms with Gasteiger partial charge in [0, 0.05) is 26.9 Å². The lowest BCUT2D eigenvalue weighted by Crippen LogP contribution is -2.18. The molecule has 0 radical (unpaired) electrons. The number of aryl methyl sites for hydroxylation is 2. The van der Waals surface area contributed by atoms with Crippen LogP contribution in [0.1, 0.15) is 17.6 Å². The molecule has 7 nitrogen and oxygen atoms in total. The van der Waals surface area contributed by atoms with Gasteiger partial charge >= 0.3 is 0 Å². The number of hydrogen-bond donors (Lipinski definition) is 1. The fraction of sp³-hybridized carbons (Fsp3) is 0.556. The molecular formula is C9H14N6O. The Morgan fingerprint density at radius 3 is 2.88 bits per heavy atom. The van der Waals surface area contributed by atoms with E-state index in [0.717, 1.165) is 18.8 Å². The summed E-state index contributed by atoms with van der Waals surface area (Å²) in [6.07, 6.45) is 2.51. The molecule has 0 saturated heterocycles. The molecule has 7 heteroatoms. The highest BCUT2D eigenvalue weighted by Crippen LogP contribution is 1.97. The number of rotatable bonds is 5. The molecule has 0 amide bonds. The summed E-state index contributed by atoms with van der Waals surface area (Å²) in [7, 11) is 1.93. The topological polar surface area (TPSA) is 81.7 Å². The van der Waals surface area contributed by atoms with Crippen molar-refractivity contribution >= 4 is 0 Å². The van der Waals surface area contributed by atoms with Gasteiger partial charge in [0.1, 0.15) is 12.2 Å². The van der Waals surface area contributed by atoms with Gasteiger partial charge in [-0.05, 0) is 0 Å². The molecule has 0 unspecified atom stereocenters. The zero-order chi connectivity index (χ0) is 11.4. The van der Waals surface area contributed by atoms with Crippen LogP contribution in [0.2, 0.25) is 0 Å². The van der Waals surface area contributed by atoms with E-state index in [4.69, 9.17) is 4.42 Å². The highest BCUT2D eigenvalue weighted by molar-refractivity contribution is 4.85. The van der Waals surface area contributed by atoms with E-state index < -0.39 is 0 Å². The summed E-state index contributed by atoms with van der Waals surface area (Å²) in [5, 5.41) is 18.6. The third kappa shape index (κ3) is 2.63. The first-order valence-electron chi connectivity index (χ1n) is 5.08. The van der Waals surface area contributed by atoms with Gasteiger partial charge in [-0.25, -0.2) is 0 Å². The summed E-state index contributed by atoms with van der Waals surface area (Å²) < 4.78 is 7.13. The van der Waals surface area contributed by atoms with Crippen LogP contribution in [0.3, 0.4) is 0 Å². The van der Waals surface area contributed by atoms with Crippen LogP contribution in [-0.4, -0.2) is 31.5 Å². The van der Waals surface area contributed by atoms with Gasteiger partial charge in [-0.15, -0.1) is 20.4 Å². The molecular weight excluding hydrogens is 208 g/mol. The van der Waals surface area contributed by atoms with Crippen molar-refractivity contribution in [2.24, 2.45) is 7.05 Å². The first kappa shape index (κ1) is 10.7. The van der Waals surface area contributed by atoms with Crippen LogP contribution in [0.4, 0.5) is 0 Å². The monoisotopic (exact) mass is 222 g/mol. The highest BCUT2D eigenvalue weighted by atomic mass is 16.4. The molecule has 1 N–H and O–H groups in total. The standard InChI is InChI=1S/C9H14N6O/c1-7-12-14-9(16-7)5-10-4-3-8-13-11-6-15(8)2/h6,10H,3-5H2,1-2H3. The molecule has 2 rings (SSSR count). The van der Waals surface area contributed by atoms with Crippen LogP contribution in [0.15, 0.2) is 10.7 Å². The number of nitrogens with one attached hydrogen (secondary N) is 1. The summed E-state index contributed by atoms with van der Waals surface area (Å²) in [6.45, 7) is 3.16. The Balaban J connectivity index is 1.71. The van der Waals surface area contributed by atoms with E-state index in [-0.39, 0.29) is 0 Å². The normalized spacial score (nSPS) is 10.9. The van der Waals surface area contributed by atoms with E-state index in [1.807, 2.05) is 11.6 Å². The number of nitrogens with zero attached hydrogens (tertiary/aromatic N) is 5. The predicted octanol–water partition coefficient (Wildman–Crippen LogP) is -0.161. The van der Waals surface area contributed by atoms with Crippen molar-refractivity contribution in [2.75, 3.05) is 6.54 Å². The molecule has 0 aliphatic carbocycles. The second kappa shape index (κ2) is 4.84. The van der Waals surface area contributed by atoms with Gasteiger partial charge < -0.3 is 14.3 Å². The zero-order valence-electron chi connectivity index (χ0n) is 9.34. The van der Waals surface area contributed by atoms with Crippen LogP contribution in [0.25, 0.3) is 0 Å². The van der Waals surface area contributed by atoms with Gasteiger partial charge in [-0.2, -0.15) is 0 Å². The molecule has 2 aromatic heterocycles. The predicted molar refractivity (Wildman–Crippen MR) is 55.4 cm³/mol. The summed E-state index contributed by atoms with van der Waals surface area (Å²) >= 11 is 0. The van der Waals surface area contributed by atoms with Gasteiger partial charge in [0.25, 0.3) is 0 Å². The Morgan fingerprint density at radius 2 is 2.25 bits per heavy atom. The van der Waals surface area contributed by atoms with Crippen molar-refractivity contribution in [1.82, 2.24) is 30.3 Å². The molecule has 0 aromatic carbocycles. The summed E-state index contributed by atoms with van der Waals surface area (Å²) in [5.41, 5.74) is 0. The van der Waals surface area contributed by atoms with Crippen LogP contribution in [0.5, 0.6) is 0 Å². The van der Waals surface area contributed by atoms with Crippen LogP contribution in [-0.2, 0) is 20.0 Å². The highest BCUT2D eigenvalue weighted by Gasteiger charge is 2.02. The maximum absolute atomic E-state index is 5.23. The quantitative estimate of drug-likeness (QED) is 0.708. The second-order valence-electron chi connectivity index (χ2n) is 3.50. The minimum atomic E-state index is 0.582. The molecule has 2 aromatic rings. The zero-order valence-corrected chi connectivity index (χ0v) is 9.34. The maximum atomic E-state index is 5.23. The van der Waals surface area contributed by atoms with E-state index in [2.05, 4.69) is 25.7 Å². The third-order valence-electron chi connectivity index (χ3n) is 2.17. The van der Waals surface area contributed by atoms with E-state index in [9.17, 15) is 0 Å². The second-order valence-corrected chi connectivity index (χ2v) is 3.50. The fourth-order valence-corrected chi connectivity index (χ4v) is 1.34. The number of hydrogen-bond acceptors (Lipinski definition) is 6. The van der Waals surface area contributed by atoms with E-state index >= 15 is 0 Å². The minimum Gasteiger partial charge on any atom is -0.424 e. The Labute approximate surface area is 92.9 Å². The largest absolute Gasteiger partial charge is 0.424 e. The fourth-order valence-electron chi connectivity index (χ4n) is 1.34. The summed E-state index contributed by atoms with van der Waals surface area (Å²) in [4.78, 5) is 0. The molecule has 0 atom stereocenters. The molecule has 0 saturated carbocycles. The lowest BCUT2D eigenvalue weighted by Gasteiger charge is -2.01. The number of aromatic nitrogens is 5. The molecule has 0 bridgehead atoms. The van der Waals surface area contributed by atoms with Crippen molar-refractivity contribution in [3.63, 3.8) is 0 Å². The molecule has 0 spiro atoms. The van der Waals surface area contributed by atoms with Gasteiger partial charge in [0.15, 0.2) is 0 Å². The molecule has 86 valence electrons. The minimum absolute atomic E-state index is 0.582. The SMILES string of the molecule is Cc1nnc(CNCCc2nncn2C)o1. The first-order chi connectivity index (χ1) is 7.75. The van der Waals surface area contributed by atoms with E-state index in [1.54, 1.807) is 13.3 Å². The summed E-state index contributed by atoms with van der Waals surface area (Å²) in [6, 6.07) is 0. The Hall–Kier alpha value is -1.76. The average Bonchev–Trinajstić information content (AvgIpc) is 2.83. The average molecular weight is 222 g/mol. The van der Waals surface area contributed by atoms with Crippen molar-refractivity contribution in [3.8, 4) is 0 Å². The van der Waals surface area contributed by atoms with E-state index in [0.29, 0.717) is 18.3 Å². The van der Waals surface area contributed by atoms with Crippen molar-refractivity contribution in [3.05, 3.63) is 23.9 Å². The lowest BCUT2D eigenvalue weighted by molar-refractivity contribution is 0.447. The van der Waals surface area contributed by atoms with Crippen molar-refractivity contribution in [1.29, 1.82) is 0 Å². The van der Waals surface area contributed by atoms with Crippen molar-refractivity contribution < 1.29 is 4.42 Å². The molecule has 0 aliphatic heterocycles. The van der Waals surface area contributed by atoms with Gasteiger partial charge in [0.2, 0.25) is 11.8 Å². The molecule has 2 heterocycles. The Morgan fingerprint density at radius 1 is 1.38 bits per heavy atom. The molecule has 0 aliphatic rings. The van der Waals surface area contributed by atoms with Crippen LogP contribution < -0.4 is 5.32 Å². The third-order valence-corrected chi connectivity index (χ3v) is 2.17. The Kier molecular flexibility index (Phi) is 3.25. The maximum Gasteiger partial charge on any atom is 0.230 e. The summed E-state index contributed by atoms with van der Waals surface area (Å²) in [5.74, 6) is 2.15. The molecule has 16 heavy (non-hydrogen) atoms. The van der Waals surface area contributed by atoms with Crippen LogP contribution >= 0.6 is 0 Å². The first-order valence-corrected chi connectivity index (χ1v) is 5.08. The van der Waals surface area contributed by atoms with Gasteiger partial charge in [-0.3, -0.25) is 0 Å². The van der Waals surface area contributed by atoms with Crippen molar-refractivity contribution in [2.45, 2.75) is 19.9 Å². The van der Waals surface area contributed by atoms with E-state index in [1.165, 1.54) is 0 Å². The smallest absolute Gasteiger partial charge is 0.230 e. The van der Waals surface area contributed by atoms with Gasteiger partial charge in [0.05, 0.1) is 6.54 Å². The van der Waals surface area contributed by atoms with Gasteiger partial charge in [-0.1, -0.05) is 0 Å². The van der Waals surface area contributed by atoms with Crippen LogP contribution in [0, 0.1) is 6.92 Å².